The van der Waals surface area contributed by atoms with E-state index in [1.54, 1.807) is 7.11 Å². The van der Waals surface area contributed by atoms with Gasteiger partial charge in [-0.05, 0) is 5.56 Å². The van der Waals surface area contributed by atoms with E-state index in [9.17, 15) is 0 Å². The van der Waals surface area contributed by atoms with E-state index in [1.165, 1.54) is 0 Å². The highest BCUT2D eigenvalue weighted by Gasteiger charge is 2.32. The molecule has 1 aliphatic rings. The fourth-order valence-corrected chi connectivity index (χ4v) is 2.35. The van der Waals surface area contributed by atoms with Crippen molar-refractivity contribution in [3.05, 3.63) is 47.6 Å². The Labute approximate surface area is 116 Å². The molecule has 2 heterocycles. The number of hydrogen-bond donors (Lipinski definition) is 1. The van der Waals surface area contributed by atoms with Crippen molar-refractivity contribution < 1.29 is 14.0 Å². The fraction of sp³-hybridized carbons (Fsp3) is 0.429. The zero-order chi connectivity index (χ0) is 13.9. The third kappa shape index (κ3) is 2.45. The Morgan fingerprint density at radius 3 is 2.75 bits per heavy atom. The van der Waals surface area contributed by atoms with Crippen LogP contribution in [0, 0.1) is 0 Å². The van der Waals surface area contributed by atoms with Crippen LogP contribution in [0.4, 0.5) is 0 Å². The first-order valence-corrected chi connectivity index (χ1v) is 6.54. The van der Waals surface area contributed by atoms with Crippen LogP contribution in [0.1, 0.15) is 29.3 Å². The first kappa shape index (κ1) is 13.2. The predicted octanol–water partition coefficient (Wildman–Crippen LogP) is 1.25. The maximum atomic E-state index is 5.96. The predicted molar refractivity (Wildman–Crippen MR) is 71.1 cm³/mol. The molecule has 20 heavy (non-hydrogen) atoms. The molecule has 6 heteroatoms. The molecule has 3 unspecified atom stereocenters. The molecule has 1 fully saturated rings. The molecule has 1 aromatic heterocycles. The first-order valence-electron chi connectivity index (χ1n) is 6.54. The minimum atomic E-state index is -0.341. The Morgan fingerprint density at radius 1 is 1.30 bits per heavy atom. The van der Waals surface area contributed by atoms with Crippen molar-refractivity contribution in [1.82, 2.24) is 10.1 Å². The van der Waals surface area contributed by atoms with E-state index in [0.717, 1.165) is 5.56 Å². The minimum Gasteiger partial charge on any atom is -0.379 e. The van der Waals surface area contributed by atoms with Gasteiger partial charge in [-0.15, -0.1) is 0 Å². The van der Waals surface area contributed by atoms with Crippen molar-refractivity contribution in [3.8, 4) is 0 Å². The smallest absolute Gasteiger partial charge is 0.233 e. The van der Waals surface area contributed by atoms with E-state index < -0.39 is 0 Å². The van der Waals surface area contributed by atoms with E-state index in [-0.39, 0.29) is 18.1 Å². The Bertz CT molecular complexity index is 558. The summed E-state index contributed by atoms with van der Waals surface area (Å²) in [4.78, 5) is 4.43. The minimum absolute atomic E-state index is 0.0375. The third-order valence-corrected chi connectivity index (χ3v) is 3.47. The van der Waals surface area contributed by atoms with Crippen molar-refractivity contribution >= 4 is 0 Å². The van der Waals surface area contributed by atoms with Crippen molar-refractivity contribution in [2.45, 2.75) is 18.1 Å². The van der Waals surface area contributed by atoms with Gasteiger partial charge in [0.25, 0.3) is 0 Å². The Morgan fingerprint density at radius 2 is 2.10 bits per heavy atom. The van der Waals surface area contributed by atoms with Crippen molar-refractivity contribution in [2.24, 2.45) is 5.73 Å². The lowest BCUT2D eigenvalue weighted by Gasteiger charge is -2.11. The summed E-state index contributed by atoms with van der Waals surface area (Å²) in [6.07, 6.45) is -0.341. The van der Waals surface area contributed by atoms with Gasteiger partial charge in [0.1, 0.15) is 6.10 Å². The topological polar surface area (TPSA) is 83.4 Å². The molecular weight excluding hydrogens is 258 g/mol. The largest absolute Gasteiger partial charge is 0.379 e. The Kier molecular flexibility index (Phi) is 3.77. The number of nitrogens with zero attached hydrogens (tertiary/aromatic N) is 2. The summed E-state index contributed by atoms with van der Waals surface area (Å²) in [6.45, 7) is 1.04. The lowest BCUT2D eigenvalue weighted by molar-refractivity contribution is 0.126. The maximum Gasteiger partial charge on any atom is 0.233 e. The lowest BCUT2D eigenvalue weighted by atomic mass is 10.1. The molecule has 2 aromatic rings. The molecule has 2 N–H and O–H groups in total. The standard InChI is InChI=1S/C14H17N3O3/c1-18-12(9-5-3-2-4-6-9)13-16-14(20-17-13)10-7-19-8-11(10)15/h2-6,10-12H,7-8,15H2,1H3. The van der Waals surface area contributed by atoms with Crippen molar-refractivity contribution in [2.75, 3.05) is 20.3 Å². The third-order valence-electron chi connectivity index (χ3n) is 3.47. The first-order chi connectivity index (χ1) is 9.79. The van der Waals surface area contributed by atoms with Crippen LogP contribution in [-0.4, -0.2) is 36.5 Å². The maximum absolute atomic E-state index is 5.96. The molecular formula is C14H17N3O3. The highest BCUT2D eigenvalue weighted by atomic mass is 16.5. The van der Waals surface area contributed by atoms with Crippen LogP contribution >= 0.6 is 0 Å². The van der Waals surface area contributed by atoms with Gasteiger partial charge in [-0.3, -0.25) is 0 Å². The van der Waals surface area contributed by atoms with Crippen LogP contribution in [0.15, 0.2) is 34.9 Å². The van der Waals surface area contributed by atoms with Crippen molar-refractivity contribution in [3.63, 3.8) is 0 Å². The van der Waals surface area contributed by atoms with Crippen LogP contribution in [-0.2, 0) is 9.47 Å². The van der Waals surface area contributed by atoms with Gasteiger partial charge < -0.3 is 19.7 Å². The highest BCUT2D eigenvalue weighted by molar-refractivity contribution is 5.22. The molecule has 0 amide bonds. The van der Waals surface area contributed by atoms with Crippen LogP contribution in [0.5, 0.6) is 0 Å². The van der Waals surface area contributed by atoms with E-state index >= 15 is 0 Å². The van der Waals surface area contributed by atoms with E-state index in [2.05, 4.69) is 10.1 Å². The van der Waals surface area contributed by atoms with E-state index in [0.29, 0.717) is 24.9 Å². The molecule has 0 aliphatic carbocycles. The summed E-state index contributed by atoms with van der Waals surface area (Å²) in [5, 5.41) is 4.02. The van der Waals surface area contributed by atoms with Gasteiger partial charge in [-0.2, -0.15) is 4.98 Å². The van der Waals surface area contributed by atoms with Crippen LogP contribution in [0.3, 0.4) is 0 Å². The molecule has 0 bridgehead atoms. The zero-order valence-corrected chi connectivity index (χ0v) is 11.2. The summed E-state index contributed by atoms with van der Waals surface area (Å²) in [6, 6.07) is 9.68. The summed E-state index contributed by atoms with van der Waals surface area (Å²) in [5.74, 6) is 0.986. The number of nitrogens with two attached hydrogens (primary N) is 1. The average Bonchev–Trinajstić information content (AvgIpc) is 3.10. The van der Waals surface area contributed by atoms with Gasteiger partial charge in [-0.25, -0.2) is 0 Å². The highest BCUT2D eigenvalue weighted by Crippen LogP contribution is 2.27. The number of benzene rings is 1. The normalized spacial score (nSPS) is 23.9. The molecule has 3 rings (SSSR count). The van der Waals surface area contributed by atoms with Gasteiger partial charge in [-0.1, -0.05) is 35.5 Å². The van der Waals surface area contributed by atoms with Gasteiger partial charge in [0, 0.05) is 13.2 Å². The second-order valence-electron chi connectivity index (χ2n) is 4.83. The Balaban J connectivity index is 1.85. The second-order valence-corrected chi connectivity index (χ2v) is 4.83. The summed E-state index contributed by atoms with van der Waals surface area (Å²) < 4.78 is 16.1. The Hall–Kier alpha value is -1.76. The lowest BCUT2D eigenvalue weighted by Crippen LogP contribution is -2.27. The number of rotatable bonds is 4. The summed E-state index contributed by atoms with van der Waals surface area (Å²) >= 11 is 0. The molecule has 6 nitrogen and oxygen atoms in total. The molecule has 1 aliphatic heterocycles. The molecule has 1 saturated heterocycles. The van der Waals surface area contributed by atoms with Crippen LogP contribution in [0.25, 0.3) is 0 Å². The van der Waals surface area contributed by atoms with Gasteiger partial charge in [0.05, 0.1) is 19.1 Å². The molecule has 1 aromatic carbocycles. The fourth-order valence-electron chi connectivity index (χ4n) is 2.35. The molecule has 3 atom stereocenters. The van der Waals surface area contributed by atoms with Crippen LogP contribution in [0.2, 0.25) is 0 Å². The van der Waals surface area contributed by atoms with E-state index in [1.807, 2.05) is 30.3 Å². The summed E-state index contributed by atoms with van der Waals surface area (Å²) in [5.41, 5.74) is 6.94. The van der Waals surface area contributed by atoms with Crippen molar-refractivity contribution in [1.29, 1.82) is 0 Å². The molecule has 0 radical (unpaired) electrons. The zero-order valence-electron chi connectivity index (χ0n) is 11.2. The monoisotopic (exact) mass is 275 g/mol. The van der Waals surface area contributed by atoms with Gasteiger partial charge in [0.2, 0.25) is 11.7 Å². The molecule has 106 valence electrons. The quantitative estimate of drug-likeness (QED) is 0.904. The molecule has 0 spiro atoms. The van der Waals surface area contributed by atoms with E-state index in [4.69, 9.17) is 19.7 Å². The van der Waals surface area contributed by atoms with Gasteiger partial charge in [0.15, 0.2) is 0 Å². The SMILES string of the molecule is COC(c1ccccc1)c1noc(C2COCC2N)n1. The average molecular weight is 275 g/mol. The number of hydrogen-bond acceptors (Lipinski definition) is 6. The van der Waals surface area contributed by atoms with Crippen LogP contribution < -0.4 is 5.73 Å². The number of methoxy groups -OCH3 is 1. The second kappa shape index (κ2) is 5.70. The number of aromatic nitrogens is 2. The molecule has 0 saturated carbocycles. The van der Waals surface area contributed by atoms with Gasteiger partial charge >= 0.3 is 0 Å². The number of ether oxygens (including phenoxy) is 2. The summed E-state index contributed by atoms with van der Waals surface area (Å²) in [7, 11) is 1.62.